The average Bonchev–Trinajstić information content (AvgIpc) is 2.53. The molecule has 1 heteroatoms. The Balaban J connectivity index is 1.92. The fraction of sp³-hybridized carbons (Fsp3) is 0.500. The van der Waals surface area contributed by atoms with Gasteiger partial charge in [0.15, 0.2) is 0 Å². The molecule has 1 N–H and O–H groups in total. The van der Waals surface area contributed by atoms with E-state index in [0.717, 1.165) is 5.92 Å². The standard InChI is InChI=1S/C12H17N/c1-10-7-8-12(9-10)13-11-5-3-2-4-6-11/h2-6,10,12-13H,7-9H2,1H3/t10-,12+/m0/s1. The third-order valence-electron chi connectivity index (χ3n) is 2.84. The van der Waals surface area contributed by atoms with E-state index in [-0.39, 0.29) is 0 Å². The number of hydrogen-bond acceptors (Lipinski definition) is 1. The first-order valence-corrected chi connectivity index (χ1v) is 5.16. The minimum absolute atomic E-state index is 0.706. The van der Waals surface area contributed by atoms with Gasteiger partial charge in [-0.15, -0.1) is 0 Å². The maximum atomic E-state index is 3.57. The van der Waals surface area contributed by atoms with Crippen LogP contribution in [-0.2, 0) is 0 Å². The SMILES string of the molecule is C[C@H]1CC[C@@H](Nc2ccccc2)C1. The van der Waals surface area contributed by atoms with Crippen LogP contribution in [0.2, 0.25) is 0 Å². The maximum Gasteiger partial charge on any atom is 0.0342 e. The van der Waals surface area contributed by atoms with E-state index in [1.807, 2.05) is 0 Å². The lowest BCUT2D eigenvalue weighted by molar-refractivity contribution is 0.602. The molecule has 70 valence electrons. The molecule has 2 rings (SSSR count). The molecular formula is C12H17N. The molecule has 0 amide bonds. The first kappa shape index (κ1) is 8.61. The molecule has 0 radical (unpaired) electrons. The number of para-hydroxylation sites is 1. The Labute approximate surface area is 80.2 Å². The summed E-state index contributed by atoms with van der Waals surface area (Å²) in [5.74, 6) is 0.904. The second-order valence-electron chi connectivity index (χ2n) is 4.13. The highest BCUT2D eigenvalue weighted by Crippen LogP contribution is 2.27. The van der Waals surface area contributed by atoms with E-state index in [2.05, 4.69) is 42.6 Å². The van der Waals surface area contributed by atoms with Crippen molar-refractivity contribution in [2.24, 2.45) is 5.92 Å². The Morgan fingerprint density at radius 1 is 1.15 bits per heavy atom. The van der Waals surface area contributed by atoms with Crippen molar-refractivity contribution < 1.29 is 0 Å². The lowest BCUT2D eigenvalue weighted by atomic mass is 10.1. The van der Waals surface area contributed by atoms with Gasteiger partial charge in [0.2, 0.25) is 0 Å². The van der Waals surface area contributed by atoms with Gasteiger partial charge in [-0.3, -0.25) is 0 Å². The summed E-state index contributed by atoms with van der Waals surface area (Å²) >= 11 is 0. The number of nitrogens with one attached hydrogen (secondary N) is 1. The van der Waals surface area contributed by atoms with Gasteiger partial charge in [-0.05, 0) is 37.3 Å². The molecule has 13 heavy (non-hydrogen) atoms. The van der Waals surface area contributed by atoms with Crippen LogP contribution in [0.5, 0.6) is 0 Å². The van der Waals surface area contributed by atoms with Gasteiger partial charge in [0, 0.05) is 11.7 Å². The van der Waals surface area contributed by atoms with Crippen LogP contribution >= 0.6 is 0 Å². The Hall–Kier alpha value is -0.980. The number of rotatable bonds is 2. The first-order chi connectivity index (χ1) is 6.34. The van der Waals surface area contributed by atoms with Crippen LogP contribution in [0.3, 0.4) is 0 Å². The van der Waals surface area contributed by atoms with Crippen LogP contribution in [0.4, 0.5) is 5.69 Å². The molecule has 2 atom stereocenters. The molecule has 1 aliphatic rings. The van der Waals surface area contributed by atoms with Crippen LogP contribution in [-0.4, -0.2) is 6.04 Å². The lowest BCUT2D eigenvalue weighted by Gasteiger charge is -2.13. The minimum Gasteiger partial charge on any atom is -0.382 e. The van der Waals surface area contributed by atoms with Crippen molar-refractivity contribution in [3.8, 4) is 0 Å². The fourth-order valence-electron chi connectivity index (χ4n) is 2.11. The van der Waals surface area contributed by atoms with E-state index >= 15 is 0 Å². The molecule has 0 saturated heterocycles. The quantitative estimate of drug-likeness (QED) is 0.727. The topological polar surface area (TPSA) is 12.0 Å². The third kappa shape index (κ3) is 2.24. The highest BCUT2D eigenvalue weighted by Gasteiger charge is 2.20. The zero-order valence-electron chi connectivity index (χ0n) is 8.16. The Kier molecular flexibility index (Phi) is 2.53. The van der Waals surface area contributed by atoms with Gasteiger partial charge in [0.1, 0.15) is 0 Å². The van der Waals surface area contributed by atoms with Crippen molar-refractivity contribution in [1.29, 1.82) is 0 Å². The summed E-state index contributed by atoms with van der Waals surface area (Å²) in [6, 6.07) is 11.2. The van der Waals surface area contributed by atoms with Crippen molar-refractivity contribution in [1.82, 2.24) is 0 Å². The Morgan fingerprint density at radius 3 is 2.54 bits per heavy atom. The largest absolute Gasteiger partial charge is 0.382 e. The van der Waals surface area contributed by atoms with Gasteiger partial charge in [0.05, 0.1) is 0 Å². The van der Waals surface area contributed by atoms with Gasteiger partial charge in [0.25, 0.3) is 0 Å². The van der Waals surface area contributed by atoms with Crippen molar-refractivity contribution in [3.63, 3.8) is 0 Å². The van der Waals surface area contributed by atoms with Crippen LogP contribution in [0.25, 0.3) is 0 Å². The fourth-order valence-corrected chi connectivity index (χ4v) is 2.11. The number of hydrogen-bond donors (Lipinski definition) is 1. The smallest absolute Gasteiger partial charge is 0.0342 e. The molecule has 1 saturated carbocycles. The molecule has 1 aromatic carbocycles. The maximum absolute atomic E-state index is 3.57. The molecule has 0 bridgehead atoms. The Morgan fingerprint density at radius 2 is 1.92 bits per heavy atom. The molecule has 1 nitrogen and oxygen atoms in total. The van der Waals surface area contributed by atoms with Crippen molar-refractivity contribution in [2.75, 3.05) is 5.32 Å². The summed E-state index contributed by atoms with van der Waals surface area (Å²) in [5, 5.41) is 3.57. The second-order valence-corrected chi connectivity index (χ2v) is 4.13. The van der Waals surface area contributed by atoms with E-state index in [1.54, 1.807) is 0 Å². The molecule has 0 aromatic heterocycles. The molecule has 1 fully saturated rings. The summed E-state index contributed by atoms with van der Waals surface area (Å²) in [5.41, 5.74) is 1.27. The van der Waals surface area contributed by atoms with Gasteiger partial charge < -0.3 is 5.32 Å². The molecule has 1 aliphatic carbocycles. The second kappa shape index (κ2) is 3.82. The third-order valence-corrected chi connectivity index (χ3v) is 2.84. The lowest BCUT2D eigenvalue weighted by Crippen LogP contribution is -2.14. The zero-order valence-corrected chi connectivity index (χ0v) is 8.16. The average molecular weight is 175 g/mol. The highest BCUT2D eigenvalue weighted by molar-refractivity contribution is 5.43. The molecule has 0 unspecified atom stereocenters. The van der Waals surface area contributed by atoms with Crippen LogP contribution in [0, 0.1) is 5.92 Å². The van der Waals surface area contributed by atoms with E-state index in [9.17, 15) is 0 Å². The predicted molar refractivity (Wildman–Crippen MR) is 56.9 cm³/mol. The van der Waals surface area contributed by atoms with Gasteiger partial charge in [-0.1, -0.05) is 25.1 Å². The normalized spacial score (nSPS) is 27.5. The van der Waals surface area contributed by atoms with Crippen LogP contribution < -0.4 is 5.32 Å². The van der Waals surface area contributed by atoms with Crippen molar-refractivity contribution >= 4 is 5.69 Å². The van der Waals surface area contributed by atoms with E-state index in [0.29, 0.717) is 6.04 Å². The van der Waals surface area contributed by atoms with Crippen molar-refractivity contribution in [2.45, 2.75) is 32.2 Å². The zero-order chi connectivity index (χ0) is 9.10. The minimum atomic E-state index is 0.706. The Bertz CT molecular complexity index is 255. The van der Waals surface area contributed by atoms with E-state index < -0.39 is 0 Å². The van der Waals surface area contributed by atoms with E-state index in [4.69, 9.17) is 0 Å². The summed E-state index contributed by atoms with van der Waals surface area (Å²) in [7, 11) is 0. The molecule has 0 heterocycles. The number of anilines is 1. The monoisotopic (exact) mass is 175 g/mol. The van der Waals surface area contributed by atoms with Crippen LogP contribution in [0.15, 0.2) is 30.3 Å². The highest BCUT2D eigenvalue weighted by atomic mass is 14.9. The van der Waals surface area contributed by atoms with Crippen LogP contribution in [0.1, 0.15) is 26.2 Å². The summed E-state index contributed by atoms with van der Waals surface area (Å²) < 4.78 is 0. The van der Waals surface area contributed by atoms with E-state index in [1.165, 1.54) is 24.9 Å². The summed E-state index contributed by atoms with van der Waals surface area (Å²) in [6.07, 6.45) is 4.04. The molecule has 1 aromatic rings. The summed E-state index contributed by atoms with van der Waals surface area (Å²) in [4.78, 5) is 0. The van der Waals surface area contributed by atoms with Gasteiger partial charge in [-0.2, -0.15) is 0 Å². The van der Waals surface area contributed by atoms with Crippen molar-refractivity contribution in [3.05, 3.63) is 30.3 Å². The first-order valence-electron chi connectivity index (χ1n) is 5.16. The van der Waals surface area contributed by atoms with Gasteiger partial charge in [-0.25, -0.2) is 0 Å². The predicted octanol–water partition coefficient (Wildman–Crippen LogP) is 3.29. The molecular weight excluding hydrogens is 158 g/mol. The molecule has 0 spiro atoms. The van der Waals surface area contributed by atoms with Gasteiger partial charge >= 0.3 is 0 Å². The summed E-state index contributed by atoms with van der Waals surface area (Å²) in [6.45, 7) is 2.34. The number of benzene rings is 1. The molecule has 0 aliphatic heterocycles.